The van der Waals surface area contributed by atoms with Crippen LogP contribution in [0.1, 0.15) is 29.6 Å². The Morgan fingerprint density at radius 2 is 1.75 bits per heavy atom. The van der Waals surface area contributed by atoms with Gasteiger partial charge in [0.25, 0.3) is 5.91 Å². The zero-order chi connectivity index (χ0) is 19.8. The van der Waals surface area contributed by atoms with E-state index in [-0.39, 0.29) is 23.7 Å². The number of likely N-dealkylation sites (tertiary alicyclic amines) is 1. The first kappa shape index (κ1) is 18.7. The highest BCUT2D eigenvalue weighted by Crippen LogP contribution is 2.40. The van der Waals surface area contributed by atoms with Crippen molar-refractivity contribution in [3.8, 4) is 11.1 Å². The van der Waals surface area contributed by atoms with Crippen LogP contribution in [0.3, 0.4) is 0 Å². The number of amides is 2. The van der Waals surface area contributed by atoms with Gasteiger partial charge in [-0.3, -0.25) is 9.59 Å². The average Bonchev–Trinajstić information content (AvgIpc) is 3.10. The van der Waals surface area contributed by atoms with E-state index in [4.69, 9.17) is 0 Å². The van der Waals surface area contributed by atoms with Crippen molar-refractivity contribution in [3.63, 3.8) is 0 Å². The lowest BCUT2D eigenvalue weighted by Crippen LogP contribution is -2.40. The molecule has 0 aromatic heterocycles. The van der Waals surface area contributed by atoms with Crippen molar-refractivity contribution in [2.24, 2.45) is 11.8 Å². The normalized spacial score (nSPS) is 24.2. The van der Waals surface area contributed by atoms with Crippen molar-refractivity contribution in [3.05, 3.63) is 59.9 Å². The van der Waals surface area contributed by atoms with Gasteiger partial charge in [0.05, 0.1) is 0 Å². The molecular weight excluding hydrogens is 355 g/mol. The summed E-state index contributed by atoms with van der Waals surface area (Å²) in [4.78, 5) is 29.0. The first-order valence-electron chi connectivity index (χ1n) is 9.80. The number of hydrogen-bond acceptors (Lipinski definition) is 2. The summed E-state index contributed by atoms with van der Waals surface area (Å²) in [5.74, 6) is 0.727. The molecule has 2 aliphatic rings. The number of nitrogens with zero attached hydrogens (tertiary/aromatic N) is 2. The number of carbonyl (C=O) groups is 2. The van der Waals surface area contributed by atoms with E-state index >= 15 is 0 Å². The number of piperidine rings is 1. The van der Waals surface area contributed by atoms with Gasteiger partial charge in [0.2, 0.25) is 5.91 Å². The average molecular weight is 380 g/mol. The fourth-order valence-electron chi connectivity index (χ4n) is 4.71. The molecule has 0 radical (unpaired) electrons. The maximum atomic E-state index is 13.3. The van der Waals surface area contributed by atoms with Crippen molar-refractivity contribution in [1.82, 2.24) is 9.80 Å². The van der Waals surface area contributed by atoms with Crippen molar-refractivity contribution >= 4 is 11.8 Å². The Morgan fingerprint density at radius 1 is 1.07 bits per heavy atom. The van der Waals surface area contributed by atoms with Gasteiger partial charge in [-0.1, -0.05) is 30.3 Å². The molecule has 0 spiro atoms. The van der Waals surface area contributed by atoms with Gasteiger partial charge in [-0.05, 0) is 54.0 Å². The third-order valence-electron chi connectivity index (χ3n) is 6.37. The molecule has 0 bridgehead atoms. The zero-order valence-corrected chi connectivity index (χ0v) is 16.3. The Bertz CT molecular complexity index is 896. The van der Waals surface area contributed by atoms with Crippen molar-refractivity contribution in [2.45, 2.75) is 25.3 Å². The minimum absolute atomic E-state index is 0.0248. The number of carbonyl (C=O) groups excluding carboxylic acids is 2. The molecule has 3 atom stereocenters. The number of halogens is 1. The highest BCUT2D eigenvalue weighted by Gasteiger charge is 2.42. The van der Waals surface area contributed by atoms with Gasteiger partial charge in [0.1, 0.15) is 5.82 Å². The Hall–Kier alpha value is -2.69. The van der Waals surface area contributed by atoms with Gasteiger partial charge in [-0.25, -0.2) is 4.39 Å². The molecule has 4 nitrogen and oxygen atoms in total. The standard InChI is InChI=1S/C23H25FN2O2/c1-25-14-17-12-19(11-16(17)13-22(25)27)26(2)23(28)21-6-4-3-5-20(21)15-7-9-18(24)10-8-15/h3-10,16-17,19H,11-14H2,1-2H3/t16-,17+,19-/m1/s1. The van der Waals surface area contributed by atoms with E-state index in [1.54, 1.807) is 12.1 Å². The largest absolute Gasteiger partial charge is 0.345 e. The summed E-state index contributed by atoms with van der Waals surface area (Å²) in [6, 6.07) is 13.8. The minimum Gasteiger partial charge on any atom is -0.345 e. The molecule has 2 amide bonds. The van der Waals surface area contributed by atoms with E-state index in [1.807, 2.05) is 48.2 Å². The molecule has 0 N–H and O–H groups in total. The van der Waals surface area contributed by atoms with Gasteiger partial charge in [-0.15, -0.1) is 0 Å². The van der Waals surface area contributed by atoms with Crippen molar-refractivity contribution < 1.29 is 14.0 Å². The van der Waals surface area contributed by atoms with Crippen LogP contribution in [0.4, 0.5) is 4.39 Å². The zero-order valence-electron chi connectivity index (χ0n) is 16.3. The van der Waals surface area contributed by atoms with Crippen molar-refractivity contribution in [2.75, 3.05) is 20.6 Å². The van der Waals surface area contributed by atoms with E-state index in [1.165, 1.54) is 12.1 Å². The highest BCUT2D eigenvalue weighted by atomic mass is 19.1. The highest BCUT2D eigenvalue weighted by molar-refractivity contribution is 6.01. The second kappa shape index (κ2) is 7.38. The van der Waals surface area contributed by atoms with Crippen molar-refractivity contribution in [1.29, 1.82) is 0 Å². The van der Waals surface area contributed by atoms with E-state index < -0.39 is 0 Å². The Balaban J connectivity index is 1.55. The van der Waals surface area contributed by atoms with Crippen LogP contribution in [0.15, 0.2) is 48.5 Å². The van der Waals surface area contributed by atoms with Gasteiger partial charge < -0.3 is 9.80 Å². The van der Waals surface area contributed by atoms with E-state index in [0.29, 0.717) is 23.8 Å². The molecule has 4 rings (SSSR count). The molecule has 1 aliphatic heterocycles. The smallest absolute Gasteiger partial charge is 0.254 e. The topological polar surface area (TPSA) is 40.6 Å². The fourth-order valence-corrected chi connectivity index (χ4v) is 4.71. The lowest BCUT2D eigenvalue weighted by Gasteiger charge is -2.31. The van der Waals surface area contributed by atoms with E-state index in [0.717, 1.165) is 30.5 Å². The summed E-state index contributed by atoms with van der Waals surface area (Å²) >= 11 is 0. The van der Waals surface area contributed by atoms with Gasteiger partial charge in [0, 0.05) is 38.7 Å². The summed E-state index contributed by atoms with van der Waals surface area (Å²) in [5.41, 5.74) is 2.26. The number of hydrogen-bond donors (Lipinski definition) is 0. The predicted molar refractivity (Wildman–Crippen MR) is 106 cm³/mol. The lowest BCUT2D eigenvalue weighted by molar-refractivity contribution is -0.134. The molecule has 1 heterocycles. The monoisotopic (exact) mass is 380 g/mol. The summed E-state index contributed by atoms with van der Waals surface area (Å²) in [6.45, 7) is 0.786. The molecular formula is C23H25FN2O2. The van der Waals surface area contributed by atoms with Crippen LogP contribution in [-0.2, 0) is 4.79 Å². The number of fused-ring (bicyclic) bond motifs is 1. The SMILES string of the molecule is CN1C[C@@H]2C[C@H](N(C)C(=O)c3ccccc3-c3ccc(F)cc3)C[C@@H]2CC1=O. The summed E-state index contributed by atoms with van der Waals surface area (Å²) in [5, 5.41) is 0. The van der Waals surface area contributed by atoms with Crippen LogP contribution in [0.2, 0.25) is 0 Å². The lowest BCUT2D eigenvalue weighted by atomic mass is 9.88. The first-order chi connectivity index (χ1) is 13.4. The summed E-state index contributed by atoms with van der Waals surface area (Å²) < 4.78 is 13.3. The molecule has 1 aliphatic carbocycles. The predicted octanol–water partition coefficient (Wildman–Crippen LogP) is 3.82. The Kier molecular flexibility index (Phi) is 4.92. The number of rotatable bonds is 3. The van der Waals surface area contributed by atoms with Crippen LogP contribution < -0.4 is 0 Å². The molecule has 2 aromatic rings. The van der Waals surface area contributed by atoms with Gasteiger partial charge in [-0.2, -0.15) is 0 Å². The maximum absolute atomic E-state index is 13.3. The minimum atomic E-state index is -0.294. The third-order valence-corrected chi connectivity index (χ3v) is 6.37. The molecule has 0 unspecified atom stereocenters. The molecule has 2 aromatic carbocycles. The van der Waals surface area contributed by atoms with Crippen LogP contribution in [0, 0.1) is 17.7 Å². The third kappa shape index (κ3) is 3.41. The first-order valence-corrected chi connectivity index (χ1v) is 9.80. The van der Waals surface area contributed by atoms with Gasteiger partial charge >= 0.3 is 0 Å². The summed E-state index contributed by atoms with van der Waals surface area (Å²) in [6.07, 6.45) is 2.40. The van der Waals surface area contributed by atoms with Crippen LogP contribution in [0.25, 0.3) is 11.1 Å². The van der Waals surface area contributed by atoms with E-state index in [9.17, 15) is 14.0 Å². The molecule has 146 valence electrons. The maximum Gasteiger partial charge on any atom is 0.254 e. The molecule has 5 heteroatoms. The fraction of sp³-hybridized carbons (Fsp3) is 0.391. The van der Waals surface area contributed by atoms with Crippen LogP contribution in [0.5, 0.6) is 0 Å². The Labute approximate surface area is 164 Å². The quantitative estimate of drug-likeness (QED) is 0.812. The van der Waals surface area contributed by atoms with Crippen LogP contribution in [-0.4, -0.2) is 48.3 Å². The van der Waals surface area contributed by atoms with Gasteiger partial charge in [0.15, 0.2) is 0 Å². The summed E-state index contributed by atoms with van der Waals surface area (Å²) in [7, 11) is 3.72. The van der Waals surface area contributed by atoms with E-state index in [2.05, 4.69) is 0 Å². The number of benzene rings is 2. The second-order valence-electron chi connectivity index (χ2n) is 8.09. The molecule has 28 heavy (non-hydrogen) atoms. The Morgan fingerprint density at radius 3 is 2.50 bits per heavy atom. The van der Waals surface area contributed by atoms with Crippen LogP contribution >= 0.6 is 0 Å². The molecule has 2 fully saturated rings. The molecule has 1 saturated carbocycles. The second-order valence-corrected chi connectivity index (χ2v) is 8.09. The molecule has 1 saturated heterocycles.